The Bertz CT molecular complexity index is 381. The molecule has 0 bridgehead atoms. The van der Waals surface area contributed by atoms with Crippen LogP contribution in [0.25, 0.3) is 0 Å². The topological polar surface area (TPSA) is 38.3 Å². The van der Waals surface area contributed by atoms with Gasteiger partial charge in [0.05, 0.1) is 12.5 Å². The summed E-state index contributed by atoms with van der Waals surface area (Å²) in [5, 5.41) is 3.68. The van der Waals surface area contributed by atoms with Crippen molar-refractivity contribution in [3.8, 4) is 5.75 Å². The van der Waals surface area contributed by atoms with Gasteiger partial charge in [0.1, 0.15) is 5.75 Å². The summed E-state index contributed by atoms with van der Waals surface area (Å²) in [4.78, 5) is 11.9. The summed E-state index contributed by atoms with van der Waals surface area (Å²) in [6.07, 6.45) is 0.755. The van der Waals surface area contributed by atoms with Crippen LogP contribution >= 0.6 is 15.9 Å². The van der Waals surface area contributed by atoms with Gasteiger partial charge in [-0.05, 0) is 12.5 Å². The van der Waals surface area contributed by atoms with E-state index in [1.807, 2.05) is 24.3 Å². The van der Waals surface area contributed by atoms with Crippen molar-refractivity contribution in [2.45, 2.75) is 12.3 Å². The number of para-hydroxylation sites is 1. The molecule has 1 aliphatic rings. The first-order valence-electron chi connectivity index (χ1n) is 5.38. The molecule has 4 heteroatoms. The van der Waals surface area contributed by atoms with Crippen LogP contribution in [-0.2, 0) is 4.79 Å². The van der Waals surface area contributed by atoms with Gasteiger partial charge in [-0.15, -0.1) is 0 Å². The van der Waals surface area contributed by atoms with E-state index in [9.17, 15) is 4.79 Å². The Labute approximate surface area is 103 Å². The first kappa shape index (κ1) is 11.5. The Hall–Kier alpha value is -1.03. The van der Waals surface area contributed by atoms with Crippen LogP contribution in [0.5, 0.6) is 5.75 Å². The molecule has 1 amide bonds. The maximum absolute atomic E-state index is 11.9. The van der Waals surface area contributed by atoms with Gasteiger partial charge in [-0.3, -0.25) is 4.79 Å². The highest BCUT2D eigenvalue weighted by atomic mass is 79.9. The van der Waals surface area contributed by atoms with E-state index in [-0.39, 0.29) is 11.8 Å². The van der Waals surface area contributed by atoms with Crippen LogP contribution in [0.15, 0.2) is 24.3 Å². The Morgan fingerprint density at radius 1 is 1.50 bits per heavy atom. The minimum Gasteiger partial charge on any atom is -0.493 e. The highest BCUT2D eigenvalue weighted by Crippen LogP contribution is 2.33. The largest absolute Gasteiger partial charge is 0.493 e. The molecule has 0 saturated carbocycles. The van der Waals surface area contributed by atoms with Gasteiger partial charge in [0.15, 0.2) is 0 Å². The summed E-state index contributed by atoms with van der Waals surface area (Å²) in [6.45, 7) is 1.28. The molecule has 1 N–H and O–H groups in total. The van der Waals surface area contributed by atoms with E-state index in [1.165, 1.54) is 0 Å². The summed E-state index contributed by atoms with van der Waals surface area (Å²) >= 11 is 3.29. The summed E-state index contributed by atoms with van der Waals surface area (Å²) in [7, 11) is 0. The molecule has 16 heavy (non-hydrogen) atoms. The van der Waals surface area contributed by atoms with E-state index in [0.29, 0.717) is 13.2 Å². The predicted molar refractivity (Wildman–Crippen MR) is 66.1 cm³/mol. The van der Waals surface area contributed by atoms with Crippen LogP contribution in [0.2, 0.25) is 0 Å². The van der Waals surface area contributed by atoms with Crippen molar-refractivity contribution in [2.24, 2.45) is 0 Å². The van der Waals surface area contributed by atoms with E-state index >= 15 is 0 Å². The minimum absolute atomic E-state index is 0.0657. The number of carbonyl (C=O) groups is 1. The number of alkyl halides is 1. The molecule has 86 valence electrons. The molecule has 0 aromatic heterocycles. The maximum Gasteiger partial charge on any atom is 0.227 e. The van der Waals surface area contributed by atoms with Crippen molar-refractivity contribution < 1.29 is 9.53 Å². The van der Waals surface area contributed by atoms with Gasteiger partial charge in [0.2, 0.25) is 5.91 Å². The van der Waals surface area contributed by atoms with Crippen LogP contribution in [0.3, 0.4) is 0 Å². The van der Waals surface area contributed by atoms with Gasteiger partial charge >= 0.3 is 0 Å². The molecule has 0 fully saturated rings. The lowest BCUT2D eigenvalue weighted by Crippen LogP contribution is -2.33. The molecule has 2 rings (SSSR count). The van der Waals surface area contributed by atoms with Crippen LogP contribution in [0.1, 0.15) is 17.9 Å². The van der Waals surface area contributed by atoms with Crippen molar-refractivity contribution in [3.63, 3.8) is 0 Å². The normalized spacial score (nSPS) is 18.4. The average molecular weight is 284 g/mol. The van der Waals surface area contributed by atoms with E-state index in [2.05, 4.69) is 21.2 Å². The van der Waals surface area contributed by atoms with E-state index in [4.69, 9.17) is 4.74 Å². The fourth-order valence-electron chi connectivity index (χ4n) is 1.91. The molecule has 1 heterocycles. The Kier molecular flexibility index (Phi) is 3.83. The van der Waals surface area contributed by atoms with Crippen molar-refractivity contribution in [2.75, 3.05) is 18.5 Å². The zero-order chi connectivity index (χ0) is 11.4. The van der Waals surface area contributed by atoms with Gasteiger partial charge in [-0.2, -0.15) is 0 Å². The second kappa shape index (κ2) is 5.34. The van der Waals surface area contributed by atoms with Crippen molar-refractivity contribution in [1.29, 1.82) is 0 Å². The molecule has 1 unspecified atom stereocenters. The standard InChI is InChI=1S/C12H14BrNO2/c13-6-7-14-12(15)10-5-8-16-11-4-2-1-3-9(10)11/h1-4,10H,5-8H2,(H,14,15). The Morgan fingerprint density at radius 2 is 2.31 bits per heavy atom. The van der Waals surface area contributed by atoms with E-state index in [0.717, 1.165) is 23.1 Å². The lowest BCUT2D eigenvalue weighted by molar-refractivity contribution is -0.123. The molecule has 0 radical (unpaired) electrons. The molecule has 0 aliphatic carbocycles. The number of hydrogen-bond acceptors (Lipinski definition) is 2. The molecule has 0 saturated heterocycles. The zero-order valence-electron chi connectivity index (χ0n) is 8.91. The molecular formula is C12H14BrNO2. The average Bonchev–Trinajstić information content (AvgIpc) is 2.35. The fourth-order valence-corrected chi connectivity index (χ4v) is 2.11. The number of ether oxygens (including phenoxy) is 1. The smallest absolute Gasteiger partial charge is 0.227 e. The molecular weight excluding hydrogens is 270 g/mol. The molecule has 0 spiro atoms. The third kappa shape index (κ3) is 2.38. The highest BCUT2D eigenvalue weighted by Gasteiger charge is 2.26. The fraction of sp³-hybridized carbons (Fsp3) is 0.417. The maximum atomic E-state index is 11.9. The SMILES string of the molecule is O=C(NCCBr)C1CCOc2ccccc21. The van der Waals surface area contributed by atoms with Gasteiger partial charge in [0, 0.05) is 17.4 Å². The Morgan fingerprint density at radius 3 is 3.12 bits per heavy atom. The number of carbonyl (C=O) groups excluding carboxylic acids is 1. The number of amides is 1. The zero-order valence-corrected chi connectivity index (χ0v) is 10.5. The molecule has 1 aromatic carbocycles. The number of benzene rings is 1. The van der Waals surface area contributed by atoms with Gasteiger partial charge in [0.25, 0.3) is 0 Å². The van der Waals surface area contributed by atoms with Crippen molar-refractivity contribution in [1.82, 2.24) is 5.32 Å². The first-order chi connectivity index (χ1) is 7.83. The molecule has 3 nitrogen and oxygen atoms in total. The van der Waals surface area contributed by atoms with Gasteiger partial charge in [-0.1, -0.05) is 34.1 Å². The van der Waals surface area contributed by atoms with Crippen LogP contribution < -0.4 is 10.1 Å². The van der Waals surface area contributed by atoms with Gasteiger partial charge in [-0.25, -0.2) is 0 Å². The van der Waals surface area contributed by atoms with Gasteiger partial charge < -0.3 is 10.1 Å². The number of hydrogen-bond donors (Lipinski definition) is 1. The van der Waals surface area contributed by atoms with Crippen molar-refractivity contribution in [3.05, 3.63) is 29.8 Å². The molecule has 1 aliphatic heterocycles. The lowest BCUT2D eigenvalue weighted by atomic mass is 9.92. The van der Waals surface area contributed by atoms with Crippen LogP contribution in [0, 0.1) is 0 Å². The van der Waals surface area contributed by atoms with Crippen LogP contribution in [-0.4, -0.2) is 24.4 Å². The summed E-state index contributed by atoms with van der Waals surface area (Å²) in [6, 6.07) is 7.75. The first-order valence-corrected chi connectivity index (χ1v) is 6.50. The number of nitrogens with one attached hydrogen (secondary N) is 1. The summed E-state index contributed by atoms with van der Waals surface area (Å²) in [5.41, 5.74) is 1.00. The second-order valence-corrected chi connectivity index (χ2v) is 4.50. The van der Waals surface area contributed by atoms with E-state index < -0.39 is 0 Å². The summed E-state index contributed by atoms with van der Waals surface area (Å²) < 4.78 is 5.52. The second-order valence-electron chi connectivity index (χ2n) is 3.71. The van der Waals surface area contributed by atoms with Crippen LogP contribution in [0.4, 0.5) is 0 Å². The van der Waals surface area contributed by atoms with E-state index in [1.54, 1.807) is 0 Å². The highest BCUT2D eigenvalue weighted by molar-refractivity contribution is 9.09. The lowest BCUT2D eigenvalue weighted by Gasteiger charge is -2.24. The quantitative estimate of drug-likeness (QED) is 0.863. The number of fused-ring (bicyclic) bond motifs is 1. The third-order valence-corrected chi connectivity index (χ3v) is 3.07. The summed E-state index contributed by atoms with van der Waals surface area (Å²) in [5.74, 6) is 0.868. The number of halogens is 1. The monoisotopic (exact) mass is 283 g/mol. The number of rotatable bonds is 3. The molecule has 1 aromatic rings. The third-order valence-electron chi connectivity index (χ3n) is 2.67. The molecule has 1 atom stereocenters. The minimum atomic E-state index is -0.0657. The van der Waals surface area contributed by atoms with Crippen molar-refractivity contribution >= 4 is 21.8 Å². The predicted octanol–water partition coefficient (Wildman–Crippen LogP) is 2.06. The Balaban J connectivity index is 2.15.